The van der Waals surface area contributed by atoms with Crippen molar-refractivity contribution in [2.45, 2.75) is 24.8 Å². The van der Waals surface area contributed by atoms with Crippen LogP contribution in [-0.2, 0) is 5.75 Å². The van der Waals surface area contributed by atoms with Crippen LogP contribution in [0.4, 0.5) is 0 Å². The molecule has 0 saturated heterocycles. The Morgan fingerprint density at radius 3 is 2.92 bits per heavy atom. The van der Waals surface area contributed by atoms with E-state index in [0.717, 1.165) is 33.5 Å². The molecule has 0 radical (unpaired) electrons. The second-order valence-electron chi connectivity index (χ2n) is 5.29. The number of aryl methyl sites for hydroxylation is 2. The van der Waals surface area contributed by atoms with E-state index in [9.17, 15) is 0 Å². The van der Waals surface area contributed by atoms with Crippen molar-refractivity contribution in [3.8, 4) is 10.7 Å². The summed E-state index contributed by atoms with van der Waals surface area (Å²) in [6, 6.07) is 7.84. The Balaban J connectivity index is 1.51. The molecule has 0 bridgehead atoms. The third-order valence-electron chi connectivity index (χ3n) is 3.38. The Morgan fingerprint density at radius 2 is 2.08 bits per heavy atom. The number of thiazole rings is 1. The lowest BCUT2D eigenvalue weighted by molar-refractivity contribution is 0.843. The lowest BCUT2D eigenvalue weighted by Gasteiger charge is -1.97. The molecule has 0 atom stereocenters. The standard InChI is InChI=1S/C16H14N6S2/c1-10-7-11(2)22-15(18-10)20-16(21-22)24-9-12-8-23-14(19-12)13-5-3-4-6-17-13/h3-8H,9H2,1-2H3. The van der Waals surface area contributed by atoms with Crippen LogP contribution in [0.2, 0.25) is 0 Å². The summed E-state index contributed by atoms with van der Waals surface area (Å²) in [7, 11) is 0. The van der Waals surface area contributed by atoms with E-state index in [1.807, 2.05) is 38.1 Å². The fourth-order valence-electron chi connectivity index (χ4n) is 2.33. The largest absolute Gasteiger partial charge is 0.254 e. The first-order valence-corrected chi connectivity index (χ1v) is 9.25. The molecule has 0 amide bonds. The van der Waals surface area contributed by atoms with Crippen molar-refractivity contribution in [1.82, 2.24) is 29.5 Å². The summed E-state index contributed by atoms with van der Waals surface area (Å²) in [5, 5.41) is 8.20. The fraction of sp³-hybridized carbons (Fsp3) is 0.188. The van der Waals surface area contributed by atoms with Crippen LogP contribution in [0.3, 0.4) is 0 Å². The van der Waals surface area contributed by atoms with E-state index in [0.29, 0.717) is 10.9 Å². The van der Waals surface area contributed by atoms with Crippen LogP contribution in [0, 0.1) is 13.8 Å². The summed E-state index contributed by atoms with van der Waals surface area (Å²) >= 11 is 3.16. The molecular weight excluding hydrogens is 340 g/mol. The van der Waals surface area contributed by atoms with Gasteiger partial charge in [-0.05, 0) is 32.0 Å². The first kappa shape index (κ1) is 15.2. The predicted molar refractivity (Wildman–Crippen MR) is 95.2 cm³/mol. The Labute approximate surface area is 147 Å². The molecule has 8 heteroatoms. The minimum absolute atomic E-state index is 0.641. The minimum Gasteiger partial charge on any atom is -0.254 e. The number of rotatable bonds is 4. The quantitative estimate of drug-likeness (QED) is 0.522. The number of nitrogens with zero attached hydrogens (tertiary/aromatic N) is 6. The maximum absolute atomic E-state index is 4.64. The molecule has 6 nitrogen and oxygen atoms in total. The summed E-state index contributed by atoms with van der Waals surface area (Å²) < 4.78 is 1.77. The summed E-state index contributed by atoms with van der Waals surface area (Å²) in [4.78, 5) is 17.9. The number of aromatic nitrogens is 6. The van der Waals surface area contributed by atoms with Crippen molar-refractivity contribution in [2.75, 3.05) is 0 Å². The maximum atomic E-state index is 4.64. The number of thioether (sulfide) groups is 1. The smallest absolute Gasteiger partial charge is 0.253 e. The van der Waals surface area contributed by atoms with E-state index < -0.39 is 0 Å². The highest BCUT2D eigenvalue weighted by Crippen LogP contribution is 2.25. The van der Waals surface area contributed by atoms with Gasteiger partial charge < -0.3 is 0 Å². The first-order chi connectivity index (χ1) is 11.7. The van der Waals surface area contributed by atoms with Crippen molar-refractivity contribution in [2.24, 2.45) is 0 Å². The average Bonchev–Trinajstić information content (AvgIpc) is 3.20. The molecule has 0 aliphatic carbocycles. The Morgan fingerprint density at radius 1 is 1.17 bits per heavy atom. The van der Waals surface area contributed by atoms with Crippen molar-refractivity contribution in [3.05, 3.63) is 52.9 Å². The summed E-state index contributed by atoms with van der Waals surface area (Å²) in [6.07, 6.45) is 1.78. The van der Waals surface area contributed by atoms with Gasteiger partial charge in [-0.1, -0.05) is 17.8 Å². The molecule has 4 rings (SSSR count). The lowest BCUT2D eigenvalue weighted by Crippen LogP contribution is -1.97. The number of fused-ring (bicyclic) bond motifs is 1. The van der Waals surface area contributed by atoms with Gasteiger partial charge in [0, 0.05) is 28.7 Å². The molecule has 0 N–H and O–H groups in total. The van der Waals surface area contributed by atoms with Gasteiger partial charge in [-0.3, -0.25) is 4.98 Å². The first-order valence-electron chi connectivity index (χ1n) is 7.39. The number of hydrogen-bond acceptors (Lipinski definition) is 7. The van der Waals surface area contributed by atoms with E-state index in [-0.39, 0.29) is 0 Å². The van der Waals surface area contributed by atoms with Crippen LogP contribution in [0.25, 0.3) is 16.5 Å². The van der Waals surface area contributed by atoms with Crippen LogP contribution < -0.4 is 0 Å². The van der Waals surface area contributed by atoms with E-state index >= 15 is 0 Å². The number of hydrogen-bond donors (Lipinski definition) is 0. The molecule has 4 heterocycles. The molecule has 0 aliphatic heterocycles. The zero-order chi connectivity index (χ0) is 16.5. The van der Waals surface area contributed by atoms with Gasteiger partial charge >= 0.3 is 0 Å². The van der Waals surface area contributed by atoms with Gasteiger partial charge in [-0.25, -0.2) is 14.5 Å². The highest BCUT2D eigenvalue weighted by atomic mass is 32.2. The zero-order valence-electron chi connectivity index (χ0n) is 13.2. The van der Waals surface area contributed by atoms with Crippen molar-refractivity contribution in [3.63, 3.8) is 0 Å². The van der Waals surface area contributed by atoms with Gasteiger partial charge in [0.25, 0.3) is 5.78 Å². The van der Waals surface area contributed by atoms with Gasteiger partial charge in [0.15, 0.2) is 0 Å². The Hall–Kier alpha value is -2.32. The molecule has 0 unspecified atom stereocenters. The average molecular weight is 354 g/mol. The van der Waals surface area contributed by atoms with Gasteiger partial charge in [0.05, 0.1) is 11.4 Å². The highest BCUT2D eigenvalue weighted by Gasteiger charge is 2.10. The van der Waals surface area contributed by atoms with Crippen LogP contribution >= 0.6 is 23.1 Å². The predicted octanol–water partition coefficient (Wildman–Crippen LogP) is 3.55. The minimum atomic E-state index is 0.641. The van der Waals surface area contributed by atoms with Gasteiger partial charge in [-0.15, -0.1) is 16.4 Å². The Bertz CT molecular complexity index is 992. The van der Waals surface area contributed by atoms with Gasteiger partial charge in [0.2, 0.25) is 5.16 Å². The molecule has 0 saturated carbocycles. The van der Waals surface area contributed by atoms with Crippen LogP contribution in [0.5, 0.6) is 0 Å². The monoisotopic (exact) mass is 354 g/mol. The van der Waals surface area contributed by atoms with Crippen molar-refractivity contribution >= 4 is 28.9 Å². The molecule has 0 aromatic carbocycles. The van der Waals surface area contributed by atoms with E-state index in [1.165, 1.54) is 0 Å². The van der Waals surface area contributed by atoms with Gasteiger partial charge in [-0.2, -0.15) is 4.98 Å². The third kappa shape index (κ3) is 3.02. The molecule has 24 heavy (non-hydrogen) atoms. The molecule has 0 aliphatic rings. The summed E-state index contributed by atoms with van der Waals surface area (Å²) in [5.74, 6) is 1.36. The third-order valence-corrected chi connectivity index (χ3v) is 5.17. The molecule has 0 spiro atoms. The SMILES string of the molecule is Cc1cc(C)n2nc(SCc3csc(-c4ccccn4)n3)nc2n1. The Kier molecular flexibility index (Phi) is 3.99. The molecular formula is C16H14N6S2. The summed E-state index contributed by atoms with van der Waals surface area (Å²) in [5.41, 5.74) is 3.89. The molecule has 120 valence electrons. The van der Waals surface area contributed by atoms with E-state index in [4.69, 9.17) is 0 Å². The van der Waals surface area contributed by atoms with Gasteiger partial charge in [0.1, 0.15) is 5.01 Å². The second kappa shape index (κ2) is 6.29. The fourth-order valence-corrected chi connectivity index (χ4v) is 3.94. The zero-order valence-corrected chi connectivity index (χ0v) is 14.8. The summed E-state index contributed by atoms with van der Waals surface area (Å²) in [6.45, 7) is 3.97. The topological polar surface area (TPSA) is 68.9 Å². The van der Waals surface area contributed by atoms with Crippen molar-refractivity contribution in [1.29, 1.82) is 0 Å². The highest BCUT2D eigenvalue weighted by molar-refractivity contribution is 7.98. The van der Waals surface area contributed by atoms with E-state index in [2.05, 4.69) is 30.4 Å². The van der Waals surface area contributed by atoms with Crippen LogP contribution in [0.15, 0.2) is 41.0 Å². The lowest BCUT2D eigenvalue weighted by atomic mass is 10.4. The normalized spacial score (nSPS) is 11.2. The molecule has 0 fully saturated rings. The van der Waals surface area contributed by atoms with Crippen LogP contribution in [-0.4, -0.2) is 29.5 Å². The molecule has 4 aromatic heterocycles. The van der Waals surface area contributed by atoms with Crippen molar-refractivity contribution < 1.29 is 0 Å². The number of pyridine rings is 1. The second-order valence-corrected chi connectivity index (χ2v) is 7.09. The van der Waals surface area contributed by atoms with Crippen LogP contribution in [0.1, 0.15) is 17.1 Å². The molecule has 4 aromatic rings. The maximum Gasteiger partial charge on any atom is 0.253 e. The van der Waals surface area contributed by atoms with E-state index in [1.54, 1.807) is 33.8 Å².